The van der Waals surface area contributed by atoms with Gasteiger partial charge in [0.1, 0.15) is 11.6 Å². The zero-order valence-electron chi connectivity index (χ0n) is 14.5. The standard InChI is InChI=1S/C19H16ClFN4O2/c1-27-16-5-3-2-4-14(16)18-23-22-17-11-24(8-9-25(17)18)19(26)13-7-6-12(21)10-15(13)20/h2-7,10H,8-9,11H2,1H3. The molecule has 6 nitrogen and oxygen atoms in total. The third-order valence-corrected chi connectivity index (χ3v) is 4.86. The summed E-state index contributed by atoms with van der Waals surface area (Å²) in [6.07, 6.45) is 0. The molecule has 2 heterocycles. The van der Waals surface area contributed by atoms with Gasteiger partial charge in [0.25, 0.3) is 5.91 Å². The molecule has 138 valence electrons. The summed E-state index contributed by atoms with van der Waals surface area (Å²) in [4.78, 5) is 14.4. The van der Waals surface area contributed by atoms with Gasteiger partial charge in [-0.05, 0) is 30.3 Å². The maximum atomic E-state index is 13.2. The van der Waals surface area contributed by atoms with Crippen molar-refractivity contribution in [3.8, 4) is 17.1 Å². The highest BCUT2D eigenvalue weighted by atomic mass is 35.5. The fourth-order valence-electron chi connectivity index (χ4n) is 3.19. The molecule has 0 aliphatic carbocycles. The van der Waals surface area contributed by atoms with Crippen LogP contribution in [0.5, 0.6) is 5.75 Å². The van der Waals surface area contributed by atoms with Gasteiger partial charge in [-0.15, -0.1) is 10.2 Å². The zero-order chi connectivity index (χ0) is 19.0. The van der Waals surface area contributed by atoms with Crippen LogP contribution in [-0.2, 0) is 13.1 Å². The maximum absolute atomic E-state index is 13.2. The van der Waals surface area contributed by atoms with E-state index in [9.17, 15) is 9.18 Å². The first-order valence-electron chi connectivity index (χ1n) is 8.38. The molecule has 0 saturated heterocycles. The summed E-state index contributed by atoms with van der Waals surface area (Å²) in [6, 6.07) is 11.4. The number of fused-ring (bicyclic) bond motifs is 1. The number of para-hydroxylation sites is 1. The quantitative estimate of drug-likeness (QED) is 0.692. The van der Waals surface area contributed by atoms with Gasteiger partial charge in [0, 0.05) is 13.1 Å². The molecule has 1 aliphatic heterocycles. The Bertz CT molecular complexity index is 1020. The molecule has 0 radical (unpaired) electrons. The zero-order valence-corrected chi connectivity index (χ0v) is 15.3. The monoisotopic (exact) mass is 386 g/mol. The van der Waals surface area contributed by atoms with Crippen molar-refractivity contribution in [2.75, 3.05) is 13.7 Å². The second-order valence-electron chi connectivity index (χ2n) is 6.14. The van der Waals surface area contributed by atoms with Crippen molar-refractivity contribution in [3.63, 3.8) is 0 Å². The number of halogens is 2. The number of aromatic nitrogens is 3. The second-order valence-corrected chi connectivity index (χ2v) is 6.55. The van der Waals surface area contributed by atoms with E-state index in [1.54, 1.807) is 12.0 Å². The van der Waals surface area contributed by atoms with Gasteiger partial charge in [-0.25, -0.2) is 4.39 Å². The van der Waals surface area contributed by atoms with Gasteiger partial charge >= 0.3 is 0 Å². The summed E-state index contributed by atoms with van der Waals surface area (Å²) in [5.74, 6) is 1.36. The number of benzene rings is 2. The Kier molecular flexibility index (Phi) is 4.53. The van der Waals surface area contributed by atoms with Gasteiger partial charge in [0.05, 0.1) is 29.8 Å². The third-order valence-electron chi connectivity index (χ3n) is 4.55. The van der Waals surface area contributed by atoms with Crippen molar-refractivity contribution in [1.29, 1.82) is 0 Å². The Labute approximate surface area is 160 Å². The molecule has 3 aromatic rings. The fraction of sp³-hybridized carbons (Fsp3) is 0.211. The van der Waals surface area contributed by atoms with E-state index in [-0.39, 0.29) is 16.5 Å². The van der Waals surface area contributed by atoms with Crippen molar-refractivity contribution in [2.24, 2.45) is 0 Å². The first-order valence-corrected chi connectivity index (χ1v) is 8.76. The normalized spacial score (nSPS) is 13.4. The van der Waals surface area contributed by atoms with Crippen LogP contribution in [0, 0.1) is 5.82 Å². The molecule has 0 spiro atoms. The van der Waals surface area contributed by atoms with E-state index in [0.717, 1.165) is 11.6 Å². The molecule has 2 aromatic carbocycles. The van der Waals surface area contributed by atoms with Crippen molar-refractivity contribution in [3.05, 3.63) is 64.7 Å². The Balaban J connectivity index is 1.62. The minimum absolute atomic E-state index is 0.0988. The lowest BCUT2D eigenvalue weighted by Crippen LogP contribution is -2.38. The fourth-order valence-corrected chi connectivity index (χ4v) is 3.44. The highest BCUT2D eigenvalue weighted by Gasteiger charge is 2.27. The topological polar surface area (TPSA) is 60.3 Å². The van der Waals surface area contributed by atoms with Crippen LogP contribution in [0.2, 0.25) is 5.02 Å². The molecule has 0 atom stereocenters. The molecule has 1 aromatic heterocycles. The van der Waals surface area contributed by atoms with Gasteiger partial charge in [-0.2, -0.15) is 0 Å². The van der Waals surface area contributed by atoms with Crippen molar-refractivity contribution in [1.82, 2.24) is 19.7 Å². The van der Waals surface area contributed by atoms with Gasteiger partial charge < -0.3 is 14.2 Å². The van der Waals surface area contributed by atoms with Gasteiger partial charge in [0.15, 0.2) is 11.6 Å². The highest BCUT2D eigenvalue weighted by Crippen LogP contribution is 2.30. The third kappa shape index (κ3) is 3.14. The number of methoxy groups -OCH3 is 1. The molecule has 1 amide bonds. The van der Waals surface area contributed by atoms with Crippen LogP contribution >= 0.6 is 11.6 Å². The number of amides is 1. The van der Waals surface area contributed by atoms with Crippen LogP contribution in [0.15, 0.2) is 42.5 Å². The Morgan fingerprint density at radius 1 is 1.19 bits per heavy atom. The smallest absolute Gasteiger partial charge is 0.255 e. The summed E-state index contributed by atoms with van der Waals surface area (Å²) in [6.45, 7) is 1.31. The van der Waals surface area contributed by atoms with E-state index < -0.39 is 5.82 Å². The predicted molar refractivity (Wildman–Crippen MR) is 98.2 cm³/mol. The van der Waals surface area contributed by atoms with Crippen LogP contribution in [0.25, 0.3) is 11.4 Å². The number of hydrogen-bond acceptors (Lipinski definition) is 4. The molecule has 0 N–H and O–H groups in total. The number of carbonyl (C=O) groups is 1. The largest absolute Gasteiger partial charge is 0.496 e. The Morgan fingerprint density at radius 3 is 2.78 bits per heavy atom. The Morgan fingerprint density at radius 2 is 2.00 bits per heavy atom. The molecular formula is C19H16ClFN4O2. The molecular weight excluding hydrogens is 371 g/mol. The van der Waals surface area contributed by atoms with Crippen LogP contribution in [0.4, 0.5) is 4.39 Å². The number of ether oxygens (including phenoxy) is 1. The molecule has 27 heavy (non-hydrogen) atoms. The summed E-state index contributed by atoms with van der Waals surface area (Å²) >= 11 is 6.03. The maximum Gasteiger partial charge on any atom is 0.255 e. The van der Waals surface area contributed by atoms with Crippen molar-refractivity contribution < 1.29 is 13.9 Å². The average Bonchev–Trinajstić information content (AvgIpc) is 3.10. The lowest BCUT2D eigenvalue weighted by atomic mass is 10.1. The van der Waals surface area contributed by atoms with E-state index in [1.807, 2.05) is 28.8 Å². The first kappa shape index (κ1) is 17.5. The molecule has 1 aliphatic rings. The number of hydrogen-bond donors (Lipinski definition) is 0. The van der Waals surface area contributed by atoms with Crippen LogP contribution in [0.3, 0.4) is 0 Å². The molecule has 8 heteroatoms. The summed E-state index contributed by atoms with van der Waals surface area (Å²) in [7, 11) is 1.61. The minimum atomic E-state index is -0.476. The second kappa shape index (κ2) is 7.00. The predicted octanol–water partition coefficient (Wildman–Crippen LogP) is 3.40. The lowest BCUT2D eigenvalue weighted by Gasteiger charge is -2.28. The summed E-state index contributed by atoms with van der Waals surface area (Å²) < 4.78 is 20.6. The molecule has 0 bridgehead atoms. The van der Waals surface area contributed by atoms with E-state index in [4.69, 9.17) is 16.3 Å². The van der Waals surface area contributed by atoms with E-state index in [1.165, 1.54) is 12.1 Å². The minimum Gasteiger partial charge on any atom is -0.496 e. The van der Waals surface area contributed by atoms with Gasteiger partial charge in [0.2, 0.25) is 0 Å². The number of nitrogens with zero attached hydrogens (tertiary/aromatic N) is 4. The first-order chi connectivity index (χ1) is 13.1. The van der Waals surface area contributed by atoms with Gasteiger partial charge in [-0.3, -0.25) is 4.79 Å². The molecule has 0 unspecified atom stereocenters. The number of rotatable bonds is 3. The van der Waals surface area contributed by atoms with Crippen LogP contribution in [0.1, 0.15) is 16.2 Å². The SMILES string of the molecule is COc1ccccc1-c1nnc2n1CCN(C(=O)c1ccc(F)cc1Cl)C2. The van der Waals surface area contributed by atoms with Crippen LogP contribution < -0.4 is 4.74 Å². The van der Waals surface area contributed by atoms with E-state index in [0.29, 0.717) is 37.0 Å². The van der Waals surface area contributed by atoms with E-state index in [2.05, 4.69) is 10.2 Å². The number of carbonyl (C=O) groups excluding carboxylic acids is 1. The van der Waals surface area contributed by atoms with E-state index >= 15 is 0 Å². The molecule has 4 rings (SSSR count). The van der Waals surface area contributed by atoms with Crippen molar-refractivity contribution in [2.45, 2.75) is 13.1 Å². The molecule has 0 saturated carbocycles. The van der Waals surface area contributed by atoms with Gasteiger partial charge in [-0.1, -0.05) is 23.7 Å². The Hall–Kier alpha value is -2.93. The summed E-state index contributed by atoms with van der Waals surface area (Å²) in [5.41, 5.74) is 1.12. The summed E-state index contributed by atoms with van der Waals surface area (Å²) in [5, 5.41) is 8.63. The average molecular weight is 387 g/mol. The lowest BCUT2D eigenvalue weighted by molar-refractivity contribution is 0.0708. The van der Waals surface area contributed by atoms with Crippen molar-refractivity contribution >= 4 is 17.5 Å². The van der Waals surface area contributed by atoms with Crippen LogP contribution in [-0.4, -0.2) is 39.2 Å². The molecule has 0 fully saturated rings. The highest BCUT2D eigenvalue weighted by molar-refractivity contribution is 6.33.